The first-order chi connectivity index (χ1) is 6.54. The van der Waals surface area contributed by atoms with Crippen LogP contribution < -0.4 is 0 Å². The van der Waals surface area contributed by atoms with E-state index in [-0.39, 0.29) is 17.8 Å². The van der Waals surface area contributed by atoms with Gasteiger partial charge in [-0.05, 0) is 5.92 Å². The molecule has 1 rings (SSSR count). The molecule has 0 aromatic rings. The number of ether oxygens (including phenoxy) is 1. The zero-order chi connectivity index (χ0) is 10.7. The summed E-state index contributed by atoms with van der Waals surface area (Å²) < 4.78 is 4.62. The van der Waals surface area contributed by atoms with Crippen LogP contribution in [0.3, 0.4) is 0 Å². The van der Waals surface area contributed by atoms with Gasteiger partial charge in [0.1, 0.15) is 0 Å². The van der Waals surface area contributed by atoms with E-state index in [2.05, 4.69) is 18.6 Å². The molecule has 14 heavy (non-hydrogen) atoms. The summed E-state index contributed by atoms with van der Waals surface area (Å²) in [7, 11) is 1.36. The summed E-state index contributed by atoms with van der Waals surface area (Å²) in [5.41, 5.74) is 0. The standard InChI is InChI=1S/C10H17NO3/c1-7(2)5-11-6-8(4-9(11)12)10(13)14-3/h7-8H,4-6H2,1-3H3/t8-/m1/s1. The van der Waals surface area contributed by atoms with Crippen LogP contribution in [0.15, 0.2) is 0 Å². The molecular formula is C10H17NO3. The minimum atomic E-state index is -0.274. The molecule has 0 aromatic carbocycles. The summed E-state index contributed by atoms with van der Waals surface area (Å²) >= 11 is 0. The van der Waals surface area contributed by atoms with E-state index in [1.165, 1.54) is 7.11 Å². The molecule has 1 aliphatic heterocycles. The zero-order valence-electron chi connectivity index (χ0n) is 8.95. The molecule has 0 aliphatic carbocycles. The Balaban J connectivity index is 2.51. The third-order valence-corrected chi connectivity index (χ3v) is 2.33. The fourth-order valence-electron chi connectivity index (χ4n) is 1.71. The summed E-state index contributed by atoms with van der Waals surface area (Å²) in [5, 5.41) is 0. The maximum absolute atomic E-state index is 11.5. The molecule has 1 amide bonds. The highest BCUT2D eigenvalue weighted by Gasteiger charge is 2.34. The fraction of sp³-hybridized carbons (Fsp3) is 0.800. The van der Waals surface area contributed by atoms with Crippen molar-refractivity contribution in [2.75, 3.05) is 20.2 Å². The average molecular weight is 199 g/mol. The highest BCUT2D eigenvalue weighted by molar-refractivity contribution is 5.86. The maximum Gasteiger partial charge on any atom is 0.310 e. The predicted octanol–water partition coefficient (Wildman–Crippen LogP) is 0.664. The Labute approximate surface area is 84.2 Å². The fourth-order valence-corrected chi connectivity index (χ4v) is 1.71. The molecule has 0 spiro atoms. The molecule has 1 saturated heterocycles. The number of hydrogen-bond acceptors (Lipinski definition) is 3. The lowest BCUT2D eigenvalue weighted by atomic mass is 10.1. The second kappa shape index (κ2) is 4.44. The summed E-state index contributed by atoms with van der Waals surface area (Å²) in [6, 6.07) is 0. The van der Waals surface area contributed by atoms with Crippen molar-refractivity contribution in [2.24, 2.45) is 11.8 Å². The van der Waals surface area contributed by atoms with E-state index in [1.807, 2.05) is 0 Å². The Kier molecular flexibility index (Phi) is 3.49. The first-order valence-corrected chi connectivity index (χ1v) is 4.90. The molecule has 0 aromatic heterocycles. The smallest absolute Gasteiger partial charge is 0.310 e. The Morgan fingerprint density at radius 2 is 2.29 bits per heavy atom. The zero-order valence-corrected chi connectivity index (χ0v) is 8.95. The topological polar surface area (TPSA) is 46.6 Å². The van der Waals surface area contributed by atoms with Gasteiger partial charge in [-0.15, -0.1) is 0 Å². The number of hydrogen-bond donors (Lipinski definition) is 0. The van der Waals surface area contributed by atoms with Crippen molar-refractivity contribution >= 4 is 11.9 Å². The van der Waals surface area contributed by atoms with Gasteiger partial charge < -0.3 is 9.64 Å². The lowest BCUT2D eigenvalue weighted by molar-refractivity contribution is -0.145. The molecule has 0 saturated carbocycles. The molecule has 0 bridgehead atoms. The minimum absolute atomic E-state index is 0.0640. The van der Waals surface area contributed by atoms with E-state index in [1.54, 1.807) is 4.90 Å². The van der Waals surface area contributed by atoms with Gasteiger partial charge in [0.15, 0.2) is 0 Å². The second-order valence-electron chi connectivity index (χ2n) is 4.12. The number of rotatable bonds is 3. The Morgan fingerprint density at radius 3 is 2.79 bits per heavy atom. The SMILES string of the molecule is COC(=O)[C@@H]1CC(=O)N(CC(C)C)C1. The van der Waals surface area contributed by atoms with Crippen molar-refractivity contribution in [1.29, 1.82) is 0 Å². The van der Waals surface area contributed by atoms with Crippen LogP contribution >= 0.6 is 0 Å². The largest absolute Gasteiger partial charge is 0.469 e. The van der Waals surface area contributed by atoms with E-state index in [9.17, 15) is 9.59 Å². The van der Waals surface area contributed by atoms with E-state index < -0.39 is 0 Å². The van der Waals surface area contributed by atoms with Crippen molar-refractivity contribution in [1.82, 2.24) is 4.90 Å². The molecule has 1 fully saturated rings. The number of methoxy groups -OCH3 is 1. The number of carbonyl (C=O) groups is 2. The predicted molar refractivity (Wildman–Crippen MR) is 51.5 cm³/mol. The summed E-state index contributed by atoms with van der Waals surface area (Å²) in [5.74, 6) is -0.0275. The van der Waals surface area contributed by atoms with Crippen molar-refractivity contribution in [2.45, 2.75) is 20.3 Å². The maximum atomic E-state index is 11.5. The normalized spacial score (nSPS) is 21.9. The minimum Gasteiger partial charge on any atom is -0.469 e. The summed E-state index contributed by atoms with van der Waals surface area (Å²) in [4.78, 5) is 24.4. The first-order valence-electron chi connectivity index (χ1n) is 4.90. The number of esters is 1. The van der Waals surface area contributed by atoms with Gasteiger partial charge >= 0.3 is 5.97 Å². The van der Waals surface area contributed by atoms with Gasteiger partial charge in [-0.2, -0.15) is 0 Å². The van der Waals surface area contributed by atoms with Gasteiger partial charge in [-0.3, -0.25) is 9.59 Å². The highest BCUT2D eigenvalue weighted by Crippen LogP contribution is 2.19. The van der Waals surface area contributed by atoms with Crippen LogP contribution in [0.5, 0.6) is 0 Å². The Bertz CT molecular complexity index is 238. The second-order valence-corrected chi connectivity index (χ2v) is 4.12. The van der Waals surface area contributed by atoms with E-state index in [0.717, 1.165) is 6.54 Å². The molecule has 1 heterocycles. The lowest BCUT2D eigenvalue weighted by Crippen LogP contribution is -2.30. The summed E-state index contributed by atoms with van der Waals surface area (Å²) in [6.45, 7) is 5.35. The van der Waals surface area contributed by atoms with Crippen molar-refractivity contribution in [3.05, 3.63) is 0 Å². The third-order valence-electron chi connectivity index (χ3n) is 2.33. The number of likely N-dealkylation sites (tertiary alicyclic amines) is 1. The number of amides is 1. The van der Waals surface area contributed by atoms with Crippen LogP contribution in [-0.2, 0) is 14.3 Å². The van der Waals surface area contributed by atoms with Crippen LogP contribution in [-0.4, -0.2) is 37.0 Å². The van der Waals surface area contributed by atoms with Crippen LogP contribution in [0.2, 0.25) is 0 Å². The average Bonchev–Trinajstić information content (AvgIpc) is 2.46. The highest BCUT2D eigenvalue weighted by atomic mass is 16.5. The Hall–Kier alpha value is -1.06. The van der Waals surface area contributed by atoms with Gasteiger partial charge in [0.05, 0.1) is 13.0 Å². The monoisotopic (exact) mass is 199 g/mol. The van der Waals surface area contributed by atoms with Crippen LogP contribution in [0.25, 0.3) is 0 Å². The van der Waals surface area contributed by atoms with Crippen molar-refractivity contribution < 1.29 is 14.3 Å². The van der Waals surface area contributed by atoms with Crippen LogP contribution in [0, 0.1) is 11.8 Å². The molecule has 0 N–H and O–H groups in total. The number of carbonyl (C=O) groups excluding carboxylic acids is 2. The number of nitrogens with zero attached hydrogens (tertiary/aromatic N) is 1. The molecule has 1 aliphatic rings. The van der Waals surface area contributed by atoms with Gasteiger partial charge in [-0.1, -0.05) is 13.8 Å². The third kappa shape index (κ3) is 2.47. The lowest BCUT2D eigenvalue weighted by Gasteiger charge is -2.18. The van der Waals surface area contributed by atoms with Crippen LogP contribution in [0.4, 0.5) is 0 Å². The van der Waals surface area contributed by atoms with E-state index in [0.29, 0.717) is 18.9 Å². The molecular weight excluding hydrogens is 182 g/mol. The van der Waals surface area contributed by atoms with Gasteiger partial charge in [0.2, 0.25) is 5.91 Å². The van der Waals surface area contributed by atoms with E-state index >= 15 is 0 Å². The molecule has 1 atom stereocenters. The van der Waals surface area contributed by atoms with E-state index in [4.69, 9.17) is 0 Å². The van der Waals surface area contributed by atoms with Gasteiger partial charge in [0, 0.05) is 19.5 Å². The molecule has 4 nitrogen and oxygen atoms in total. The Morgan fingerprint density at radius 1 is 1.64 bits per heavy atom. The van der Waals surface area contributed by atoms with Crippen molar-refractivity contribution in [3.63, 3.8) is 0 Å². The van der Waals surface area contributed by atoms with Gasteiger partial charge in [0.25, 0.3) is 0 Å². The molecule has 4 heteroatoms. The first kappa shape index (κ1) is 11.0. The van der Waals surface area contributed by atoms with Crippen molar-refractivity contribution in [3.8, 4) is 0 Å². The molecule has 80 valence electrons. The molecule has 0 radical (unpaired) electrons. The molecule has 0 unspecified atom stereocenters. The van der Waals surface area contributed by atoms with Crippen LogP contribution in [0.1, 0.15) is 20.3 Å². The summed E-state index contributed by atoms with van der Waals surface area (Å²) in [6.07, 6.45) is 0.305. The van der Waals surface area contributed by atoms with Gasteiger partial charge in [-0.25, -0.2) is 0 Å². The quantitative estimate of drug-likeness (QED) is 0.627.